The van der Waals surface area contributed by atoms with E-state index < -0.39 is 0 Å². The number of nitrogens with zero attached hydrogens (tertiary/aromatic N) is 2. The van der Waals surface area contributed by atoms with Gasteiger partial charge >= 0.3 is 0 Å². The topological polar surface area (TPSA) is 86.7 Å². The molecule has 7 nitrogen and oxygen atoms in total. The summed E-state index contributed by atoms with van der Waals surface area (Å²) in [7, 11) is 1.93. The summed E-state index contributed by atoms with van der Waals surface area (Å²) < 4.78 is 5.96. The summed E-state index contributed by atoms with van der Waals surface area (Å²) in [6.45, 7) is 11.6. The van der Waals surface area contributed by atoms with E-state index in [-0.39, 0.29) is 17.7 Å². The summed E-state index contributed by atoms with van der Waals surface area (Å²) in [4.78, 5) is 19.8. The molecule has 2 saturated heterocycles. The molecule has 3 heterocycles. The second-order valence-corrected chi connectivity index (χ2v) is 9.86. The van der Waals surface area contributed by atoms with Gasteiger partial charge in [0.25, 0.3) is 5.91 Å². The van der Waals surface area contributed by atoms with E-state index >= 15 is 0 Å². The number of likely N-dealkylation sites (N-methyl/N-ethyl adjacent to an activating group) is 1. The maximum atomic E-state index is 12.9. The molecule has 1 aromatic heterocycles. The van der Waals surface area contributed by atoms with Gasteiger partial charge in [0.1, 0.15) is 29.5 Å². The number of carbonyl (C=O) groups is 1. The van der Waals surface area contributed by atoms with Crippen LogP contribution in [0.3, 0.4) is 0 Å². The Morgan fingerprint density at radius 1 is 1.17 bits per heavy atom. The first-order valence-corrected chi connectivity index (χ1v) is 12.6. The number of aliphatic hydroxyl groups excluding tert-OH is 1. The standard InChI is InChI=1S/C28H38N4O3/c1-17-18(2)27(35-14-13-29-5)12-11-24(17)19(3)32-22-9-10-23(32)16-21(15-22)30-28(34)26-8-6-7-25(31-26)20(4)33/h6-8,11-12,19,21-23,29,33H,4,9-10,13-16H2,1-3,5H3,(H,30,34). The predicted octanol–water partition coefficient (Wildman–Crippen LogP) is 4.31. The first-order chi connectivity index (χ1) is 16.8. The highest BCUT2D eigenvalue weighted by Crippen LogP contribution is 2.43. The van der Waals surface area contributed by atoms with Gasteiger partial charge in [-0.1, -0.05) is 18.7 Å². The van der Waals surface area contributed by atoms with Crippen LogP contribution in [0.5, 0.6) is 5.75 Å². The molecule has 2 fully saturated rings. The second-order valence-electron chi connectivity index (χ2n) is 9.86. The lowest BCUT2D eigenvalue weighted by molar-refractivity contribution is 0.0687. The molecule has 188 valence electrons. The second kappa shape index (κ2) is 10.8. The van der Waals surface area contributed by atoms with Gasteiger partial charge in [0.15, 0.2) is 0 Å². The van der Waals surface area contributed by atoms with Crippen molar-refractivity contribution in [2.24, 2.45) is 0 Å². The monoisotopic (exact) mass is 478 g/mol. The number of hydrogen-bond donors (Lipinski definition) is 3. The number of piperidine rings is 1. The number of nitrogens with one attached hydrogen (secondary N) is 2. The van der Waals surface area contributed by atoms with Crippen LogP contribution in [-0.2, 0) is 0 Å². The molecule has 2 bridgehead atoms. The third kappa shape index (κ3) is 5.36. The molecule has 3 unspecified atom stereocenters. The summed E-state index contributed by atoms with van der Waals surface area (Å²) in [5.74, 6) is 0.628. The molecule has 0 spiro atoms. The summed E-state index contributed by atoms with van der Waals surface area (Å²) in [5.41, 5.74) is 4.49. The van der Waals surface area contributed by atoms with Crippen LogP contribution >= 0.6 is 0 Å². The van der Waals surface area contributed by atoms with E-state index in [4.69, 9.17) is 4.74 Å². The quantitative estimate of drug-likeness (QED) is 0.368. The Balaban J connectivity index is 1.43. The summed E-state index contributed by atoms with van der Waals surface area (Å²) in [6, 6.07) is 10.7. The van der Waals surface area contributed by atoms with Gasteiger partial charge in [-0.2, -0.15) is 0 Å². The van der Waals surface area contributed by atoms with Gasteiger partial charge in [-0.15, -0.1) is 0 Å². The Kier molecular flexibility index (Phi) is 7.77. The van der Waals surface area contributed by atoms with Crippen molar-refractivity contribution in [2.75, 3.05) is 20.2 Å². The van der Waals surface area contributed by atoms with E-state index in [1.807, 2.05) is 7.05 Å². The molecule has 35 heavy (non-hydrogen) atoms. The lowest BCUT2D eigenvalue weighted by atomic mass is 9.91. The minimum atomic E-state index is -0.195. The van der Waals surface area contributed by atoms with Crippen molar-refractivity contribution in [3.05, 3.63) is 65.0 Å². The van der Waals surface area contributed by atoms with E-state index in [1.165, 1.54) is 16.7 Å². The van der Waals surface area contributed by atoms with Crippen LogP contribution in [0.15, 0.2) is 36.9 Å². The van der Waals surface area contributed by atoms with Crippen LogP contribution in [0.4, 0.5) is 0 Å². The molecule has 1 amide bonds. The number of benzene rings is 1. The van der Waals surface area contributed by atoms with Crippen LogP contribution in [0.1, 0.15) is 71.5 Å². The van der Waals surface area contributed by atoms with Crippen LogP contribution in [-0.4, -0.2) is 59.2 Å². The first kappa shape index (κ1) is 25.2. The molecule has 1 aromatic carbocycles. The Hall–Kier alpha value is -2.90. The van der Waals surface area contributed by atoms with E-state index in [2.05, 4.69) is 60.0 Å². The zero-order valence-electron chi connectivity index (χ0n) is 21.3. The molecule has 2 aromatic rings. The fourth-order valence-electron chi connectivity index (χ4n) is 5.79. The maximum absolute atomic E-state index is 12.9. The lowest BCUT2D eigenvalue weighted by Gasteiger charge is -2.43. The average Bonchev–Trinajstić information content (AvgIpc) is 3.11. The van der Waals surface area contributed by atoms with E-state index in [0.717, 1.165) is 38.0 Å². The van der Waals surface area contributed by atoms with Gasteiger partial charge in [-0.05, 0) is 88.4 Å². The van der Waals surface area contributed by atoms with E-state index in [1.54, 1.807) is 18.2 Å². The molecule has 4 rings (SSSR count). The van der Waals surface area contributed by atoms with Crippen LogP contribution < -0.4 is 15.4 Å². The van der Waals surface area contributed by atoms with Crippen molar-refractivity contribution in [1.29, 1.82) is 0 Å². The van der Waals surface area contributed by atoms with Gasteiger partial charge < -0.3 is 20.5 Å². The molecule has 3 atom stereocenters. The average molecular weight is 479 g/mol. The molecule has 2 aliphatic rings. The number of aromatic nitrogens is 1. The first-order valence-electron chi connectivity index (χ1n) is 12.6. The van der Waals surface area contributed by atoms with Gasteiger partial charge in [0.2, 0.25) is 0 Å². The number of fused-ring (bicyclic) bond motifs is 2. The summed E-state index contributed by atoms with van der Waals surface area (Å²) in [5, 5.41) is 15.9. The zero-order valence-corrected chi connectivity index (χ0v) is 21.3. The van der Waals surface area contributed by atoms with Crippen molar-refractivity contribution >= 4 is 11.7 Å². The van der Waals surface area contributed by atoms with E-state index in [9.17, 15) is 9.90 Å². The van der Waals surface area contributed by atoms with Gasteiger partial charge in [0.05, 0.1) is 0 Å². The number of hydrogen-bond acceptors (Lipinski definition) is 6. The summed E-state index contributed by atoms with van der Waals surface area (Å²) >= 11 is 0. The molecular weight excluding hydrogens is 440 g/mol. The smallest absolute Gasteiger partial charge is 0.270 e. The van der Waals surface area contributed by atoms with Crippen LogP contribution in [0, 0.1) is 13.8 Å². The van der Waals surface area contributed by atoms with Crippen LogP contribution in [0.2, 0.25) is 0 Å². The SMILES string of the molecule is C=C(O)c1cccc(C(=O)NC2CC3CCC(C2)N3C(C)c2ccc(OCCNC)c(C)c2C)n1. The largest absolute Gasteiger partial charge is 0.506 e. The molecule has 0 saturated carbocycles. The number of carbonyl (C=O) groups excluding carboxylic acids is 1. The fraction of sp³-hybridized carbons (Fsp3) is 0.500. The highest BCUT2D eigenvalue weighted by molar-refractivity contribution is 5.92. The Bertz CT molecular complexity index is 1070. The Morgan fingerprint density at radius 2 is 1.86 bits per heavy atom. The van der Waals surface area contributed by atoms with Crippen molar-refractivity contribution < 1.29 is 14.6 Å². The maximum Gasteiger partial charge on any atom is 0.270 e. The minimum absolute atomic E-state index is 0.122. The molecule has 7 heteroatoms. The van der Waals surface area contributed by atoms with E-state index in [0.29, 0.717) is 36.1 Å². The third-order valence-electron chi connectivity index (χ3n) is 7.69. The number of aliphatic hydroxyl groups is 1. The van der Waals surface area contributed by atoms with Gasteiger partial charge in [-0.3, -0.25) is 9.69 Å². The number of ether oxygens (including phenoxy) is 1. The van der Waals surface area contributed by atoms with Crippen molar-refractivity contribution in [1.82, 2.24) is 20.5 Å². The molecule has 2 aliphatic heterocycles. The number of amides is 1. The molecular formula is C28H38N4O3. The predicted molar refractivity (Wildman–Crippen MR) is 139 cm³/mol. The highest BCUT2D eigenvalue weighted by Gasteiger charge is 2.43. The number of pyridine rings is 1. The Morgan fingerprint density at radius 3 is 2.51 bits per heavy atom. The van der Waals surface area contributed by atoms with Gasteiger partial charge in [-0.25, -0.2) is 4.98 Å². The lowest BCUT2D eigenvalue weighted by Crippen LogP contribution is -2.51. The normalized spacial score (nSPS) is 22.6. The number of rotatable bonds is 9. The molecule has 3 N–H and O–H groups in total. The van der Waals surface area contributed by atoms with Crippen LogP contribution in [0.25, 0.3) is 5.76 Å². The van der Waals surface area contributed by atoms with Crippen molar-refractivity contribution in [2.45, 2.75) is 70.6 Å². The highest BCUT2D eigenvalue weighted by atomic mass is 16.5. The van der Waals surface area contributed by atoms with Crippen molar-refractivity contribution in [3.8, 4) is 5.75 Å². The third-order valence-corrected chi connectivity index (χ3v) is 7.69. The summed E-state index contributed by atoms with van der Waals surface area (Å²) in [6.07, 6.45) is 4.18. The molecule has 0 aliphatic carbocycles. The van der Waals surface area contributed by atoms with Crippen molar-refractivity contribution in [3.63, 3.8) is 0 Å². The fourth-order valence-corrected chi connectivity index (χ4v) is 5.79. The van der Waals surface area contributed by atoms with Gasteiger partial charge in [0, 0.05) is 30.7 Å². The Labute approximate surface area is 208 Å². The zero-order chi connectivity index (χ0) is 25.1. The minimum Gasteiger partial charge on any atom is -0.506 e. The molecule has 0 radical (unpaired) electrons.